The van der Waals surface area contributed by atoms with E-state index in [0.717, 1.165) is 38.3 Å². The molecule has 30 heavy (non-hydrogen) atoms. The van der Waals surface area contributed by atoms with Gasteiger partial charge in [0.1, 0.15) is 0 Å². The fraction of sp³-hybridized carbons (Fsp3) is 0.478. The summed E-state index contributed by atoms with van der Waals surface area (Å²) in [5, 5.41) is 0. The van der Waals surface area contributed by atoms with E-state index in [-0.39, 0.29) is 17.8 Å². The minimum atomic E-state index is -3.24. The molecule has 7 heteroatoms. The molecule has 6 nitrogen and oxygen atoms in total. The summed E-state index contributed by atoms with van der Waals surface area (Å²) < 4.78 is 33.2. The summed E-state index contributed by atoms with van der Waals surface area (Å²) >= 11 is 0. The molecular weight excluding hydrogens is 398 g/mol. The van der Waals surface area contributed by atoms with Crippen LogP contribution in [-0.4, -0.2) is 68.8 Å². The third-order valence-corrected chi connectivity index (χ3v) is 7.40. The van der Waals surface area contributed by atoms with E-state index in [0.29, 0.717) is 13.2 Å². The van der Waals surface area contributed by atoms with Crippen molar-refractivity contribution in [1.82, 2.24) is 14.5 Å². The van der Waals surface area contributed by atoms with E-state index >= 15 is 0 Å². The van der Waals surface area contributed by atoms with Crippen LogP contribution in [0, 0.1) is 6.92 Å². The molecule has 1 N–H and O–H groups in total. The Morgan fingerprint density at radius 1 is 1.00 bits per heavy atom. The van der Waals surface area contributed by atoms with E-state index in [1.807, 2.05) is 30.3 Å². The number of hydrogen-bond acceptors (Lipinski definition) is 5. The molecule has 0 amide bonds. The third-order valence-electron chi connectivity index (χ3n) is 5.96. The van der Waals surface area contributed by atoms with Gasteiger partial charge in [0.2, 0.25) is 10.0 Å². The summed E-state index contributed by atoms with van der Waals surface area (Å²) in [6.07, 6.45) is 0. The van der Waals surface area contributed by atoms with Crippen LogP contribution in [0.2, 0.25) is 0 Å². The van der Waals surface area contributed by atoms with Gasteiger partial charge >= 0.3 is 0 Å². The molecule has 0 bridgehead atoms. The smallest absolute Gasteiger partial charge is 0.213 e. The second-order valence-electron chi connectivity index (χ2n) is 8.38. The molecule has 2 atom stereocenters. The number of piperazine rings is 1. The molecule has 0 radical (unpaired) electrons. The Labute approximate surface area is 179 Å². The van der Waals surface area contributed by atoms with Gasteiger partial charge in [-0.2, -0.15) is 0 Å². The second-order valence-corrected chi connectivity index (χ2v) is 10.2. The molecule has 162 valence electrons. The van der Waals surface area contributed by atoms with Crippen molar-refractivity contribution < 1.29 is 13.2 Å². The average molecular weight is 430 g/mol. The van der Waals surface area contributed by atoms with E-state index in [1.54, 1.807) is 0 Å². The van der Waals surface area contributed by atoms with Crippen LogP contribution in [0.4, 0.5) is 0 Å². The van der Waals surface area contributed by atoms with Crippen molar-refractivity contribution in [2.75, 3.05) is 38.5 Å². The molecule has 2 aromatic rings. The van der Waals surface area contributed by atoms with Crippen LogP contribution in [0.5, 0.6) is 0 Å². The highest BCUT2D eigenvalue weighted by Crippen LogP contribution is 2.20. The van der Waals surface area contributed by atoms with Gasteiger partial charge in [0.25, 0.3) is 0 Å². The molecule has 0 saturated carbocycles. The van der Waals surface area contributed by atoms with Crippen molar-refractivity contribution in [2.45, 2.75) is 32.2 Å². The Kier molecular flexibility index (Phi) is 6.85. The molecule has 2 saturated heterocycles. The maximum Gasteiger partial charge on any atom is 0.213 e. The SMILES string of the molecule is Cc1cccc(CN2CCN([C@@H]3CS(=O)(=O)N[C@H]3COCc3ccccc3)CC2)c1. The predicted octanol–water partition coefficient (Wildman–Crippen LogP) is 2.00. The van der Waals surface area contributed by atoms with Crippen LogP contribution in [-0.2, 0) is 27.9 Å². The van der Waals surface area contributed by atoms with Crippen LogP contribution in [0.25, 0.3) is 0 Å². The highest BCUT2D eigenvalue weighted by atomic mass is 32.2. The normalized spacial score (nSPS) is 24.8. The van der Waals surface area contributed by atoms with E-state index in [1.165, 1.54) is 11.1 Å². The number of ether oxygens (including phenoxy) is 1. The van der Waals surface area contributed by atoms with E-state index in [9.17, 15) is 8.42 Å². The number of benzene rings is 2. The average Bonchev–Trinajstić information content (AvgIpc) is 3.04. The third kappa shape index (κ3) is 5.68. The van der Waals surface area contributed by atoms with Gasteiger partial charge in [-0.3, -0.25) is 9.80 Å². The lowest BCUT2D eigenvalue weighted by molar-refractivity contribution is 0.0522. The van der Waals surface area contributed by atoms with Crippen molar-refractivity contribution in [2.24, 2.45) is 0 Å². The van der Waals surface area contributed by atoms with Gasteiger partial charge in [0.05, 0.1) is 25.0 Å². The Morgan fingerprint density at radius 2 is 1.73 bits per heavy atom. The van der Waals surface area contributed by atoms with Crippen molar-refractivity contribution in [3.63, 3.8) is 0 Å². The van der Waals surface area contributed by atoms with Crippen LogP contribution >= 0.6 is 0 Å². The molecule has 2 aliphatic heterocycles. The van der Waals surface area contributed by atoms with E-state index in [2.05, 4.69) is 45.7 Å². The minimum absolute atomic E-state index is 0.0353. The van der Waals surface area contributed by atoms with Crippen molar-refractivity contribution in [3.8, 4) is 0 Å². The fourth-order valence-corrected chi connectivity index (χ4v) is 6.08. The second kappa shape index (κ2) is 9.58. The zero-order valence-corrected chi connectivity index (χ0v) is 18.4. The molecule has 2 aliphatic rings. The first kappa shape index (κ1) is 21.5. The summed E-state index contributed by atoms with van der Waals surface area (Å²) in [4.78, 5) is 4.77. The molecule has 2 heterocycles. The van der Waals surface area contributed by atoms with Gasteiger partial charge in [-0.15, -0.1) is 0 Å². The Hall–Kier alpha value is -1.77. The number of rotatable bonds is 7. The number of nitrogens with zero attached hydrogens (tertiary/aromatic N) is 2. The fourth-order valence-electron chi connectivity index (χ4n) is 4.40. The lowest BCUT2D eigenvalue weighted by atomic mass is 10.1. The van der Waals surface area contributed by atoms with Crippen LogP contribution < -0.4 is 4.72 Å². The molecule has 0 aliphatic carbocycles. The molecule has 4 rings (SSSR count). The summed E-state index contributed by atoms with van der Waals surface area (Å²) in [7, 11) is -3.24. The minimum Gasteiger partial charge on any atom is -0.375 e. The van der Waals surface area contributed by atoms with Crippen molar-refractivity contribution >= 4 is 10.0 Å². The van der Waals surface area contributed by atoms with Gasteiger partial charge in [0, 0.05) is 38.8 Å². The van der Waals surface area contributed by atoms with Gasteiger partial charge in [-0.25, -0.2) is 13.1 Å². The first-order chi connectivity index (χ1) is 14.5. The number of nitrogens with one attached hydrogen (secondary N) is 1. The monoisotopic (exact) mass is 429 g/mol. The summed E-state index contributed by atoms with van der Waals surface area (Å²) in [6, 6.07) is 18.4. The van der Waals surface area contributed by atoms with Gasteiger partial charge in [-0.05, 0) is 18.1 Å². The molecular formula is C23H31N3O3S. The summed E-state index contributed by atoms with van der Waals surface area (Å²) in [5.74, 6) is 0.157. The van der Waals surface area contributed by atoms with Gasteiger partial charge in [0.15, 0.2) is 0 Å². The molecule has 0 spiro atoms. The summed E-state index contributed by atoms with van der Waals surface area (Å²) in [6.45, 7) is 7.60. The van der Waals surface area contributed by atoms with Gasteiger partial charge in [-0.1, -0.05) is 60.2 Å². The van der Waals surface area contributed by atoms with Crippen molar-refractivity contribution in [3.05, 3.63) is 71.3 Å². The van der Waals surface area contributed by atoms with E-state index < -0.39 is 10.0 Å². The number of hydrogen-bond donors (Lipinski definition) is 1. The largest absolute Gasteiger partial charge is 0.375 e. The quantitative estimate of drug-likeness (QED) is 0.730. The Balaban J connectivity index is 1.30. The lowest BCUT2D eigenvalue weighted by Crippen LogP contribution is -2.55. The van der Waals surface area contributed by atoms with Crippen LogP contribution in [0.3, 0.4) is 0 Å². The number of aryl methyl sites for hydroxylation is 1. The maximum absolute atomic E-state index is 12.3. The number of sulfonamides is 1. The van der Waals surface area contributed by atoms with E-state index in [4.69, 9.17) is 4.74 Å². The van der Waals surface area contributed by atoms with Crippen LogP contribution in [0.1, 0.15) is 16.7 Å². The van der Waals surface area contributed by atoms with Gasteiger partial charge < -0.3 is 4.74 Å². The molecule has 0 aromatic heterocycles. The molecule has 0 unspecified atom stereocenters. The van der Waals surface area contributed by atoms with Crippen molar-refractivity contribution in [1.29, 1.82) is 0 Å². The standard InChI is InChI=1S/C23H31N3O3S/c1-19-6-5-9-21(14-19)15-25-10-12-26(13-11-25)23-18-30(27,28)24-22(23)17-29-16-20-7-3-2-4-8-20/h2-9,14,22-24H,10-13,15-18H2,1H3/t22-,23+/m0/s1. The predicted molar refractivity (Wildman–Crippen MR) is 119 cm³/mol. The highest BCUT2D eigenvalue weighted by molar-refractivity contribution is 7.89. The first-order valence-electron chi connectivity index (χ1n) is 10.6. The zero-order valence-electron chi connectivity index (χ0n) is 17.5. The first-order valence-corrected chi connectivity index (χ1v) is 12.3. The highest BCUT2D eigenvalue weighted by Gasteiger charge is 2.41. The Bertz CT molecular complexity index is 928. The topological polar surface area (TPSA) is 61.9 Å². The maximum atomic E-state index is 12.3. The summed E-state index contributed by atoms with van der Waals surface area (Å²) in [5.41, 5.74) is 3.71. The Morgan fingerprint density at radius 3 is 2.47 bits per heavy atom. The molecule has 2 aromatic carbocycles. The van der Waals surface area contributed by atoms with Crippen LogP contribution in [0.15, 0.2) is 54.6 Å². The lowest BCUT2D eigenvalue weighted by Gasteiger charge is -2.39. The molecule has 2 fully saturated rings. The zero-order chi connectivity index (χ0) is 21.0.